The van der Waals surface area contributed by atoms with Crippen LogP contribution in [0.25, 0.3) is 11.3 Å². The molecule has 2 aromatic rings. The third-order valence-electron chi connectivity index (χ3n) is 7.42. The van der Waals surface area contributed by atoms with E-state index in [9.17, 15) is 0 Å². The van der Waals surface area contributed by atoms with Gasteiger partial charge in [0.15, 0.2) is 0 Å². The SMILES string of the molecule is CCCCCCC[C@H]1CC[C@H](CCc2ccc(-c3ccc(CCCC)cn3)cc2)CC1. The predicted octanol–water partition coefficient (Wildman–Crippen LogP) is 9.19. The minimum Gasteiger partial charge on any atom is -0.256 e. The Morgan fingerprint density at radius 2 is 1.29 bits per heavy atom. The van der Waals surface area contributed by atoms with Crippen molar-refractivity contribution in [1.82, 2.24) is 4.98 Å². The molecule has 170 valence electrons. The number of hydrogen-bond acceptors (Lipinski definition) is 1. The van der Waals surface area contributed by atoms with Crippen molar-refractivity contribution in [1.29, 1.82) is 0 Å². The highest BCUT2D eigenvalue weighted by Gasteiger charge is 2.20. The van der Waals surface area contributed by atoms with Crippen LogP contribution in [0.5, 0.6) is 0 Å². The molecule has 1 heterocycles. The Morgan fingerprint density at radius 3 is 1.94 bits per heavy atom. The quantitative estimate of drug-likeness (QED) is 0.295. The third-order valence-corrected chi connectivity index (χ3v) is 7.42. The first-order chi connectivity index (χ1) is 15.3. The summed E-state index contributed by atoms with van der Waals surface area (Å²) >= 11 is 0. The number of pyridine rings is 1. The van der Waals surface area contributed by atoms with Crippen LogP contribution in [0.2, 0.25) is 0 Å². The van der Waals surface area contributed by atoms with Crippen LogP contribution in [0.15, 0.2) is 42.6 Å². The van der Waals surface area contributed by atoms with Gasteiger partial charge in [-0.15, -0.1) is 0 Å². The van der Waals surface area contributed by atoms with Crippen LogP contribution in [0.4, 0.5) is 0 Å². The Morgan fingerprint density at radius 1 is 0.645 bits per heavy atom. The van der Waals surface area contributed by atoms with Crippen molar-refractivity contribution < 1.29 is 0 Å². The van der Waals surface area contributed by atoms with E-state index in [-0.39, 0.29) is 0 Å². The van der Waals surface area contributed by atoms with Crippen molar-refractivity contribution >= 4 is 0 Å². The molecule has 3 rings (SSSR count). The van der Waals surface area contributed by atoms with Gasteiger partial charge in [0.1, 0.15) is 0 Å². The maximum Gasteiger partial charge on any atom is 0.0702 e. The van der Waals surface area contributed by atoms with E-state index >= 15 is 0 Å². The molecule has 0 unspecified atom stereocenters. The Bertz CT molecular complexity index is 707. The van der Waals surface area contributed by atoms with Gasteiger partial charge in [-0.3, -0.25) is 4.98 Å². The first-order valence-corrected chi connectivity index (χ1v) is 13.3. The molecular weight excluding hydrogens is 374 g/mol. The summed E-state index contributed by atoms with van der Waals surface area (Å²) in [6, 6.07) is 13.6. The summed E-state index contributed by atoms with van der Waals surface area (Å²) in [6.45, 7) is 4.55. The molecule has 0 spiro atoms. The van der Waals surface area contributed by atoms with Gasteiger partial charge in [-0.05, 0) is 54.7 Å². The van der Waals surface area contributed by atoms with Crippen LogP contribution in [-0.4, -0.2) is 4.98 Å². The van der Waals surface area contributed by atoms with Crippen LogP contribution in [0.3, 0.4) is 0 Å². The van der Waals surface area contributed by atoms with Crippen LogP contribution >= 0.6 is 0 Å². The molecule has 31 heavy (non-hydrogen) atoms. The Hall–Kier alpha value is -1.63. The van der Waals surface area contributed by atoms with Crippen molar-refractivity contribution in [2.75, 3.05) is 0 Å². The molecule has 0 saturated heterocycles. The fraction of sp³-hybridized carbons (Fsp3) is 0.633. The molecule has 0 amide bonds. The number of rotatable bonds is 13. The fourth-order valence-corrected chi connectivity index (χ4v) is 5.18. The first-order valence-electron chi connectivity index (χ1n) is 13.3. The minimum absolute atomic E-state index is 0.952. The van der Waals surface area contributed by atoms with Crippen molar-refractivity contribution in [2.45, 2.75) is 110 Å². The summed E-state index contributed by atoms with van der Waals surface area (Å²) in [5, 5.41) is 0. The van der Waals surface area contributed by atoms with E-state index in [4.69, 9.17) is 4.98 Å². The van der Waals surface area contributed by atoms with Gasteiger partial charge in [0, 0.05) is 11.8 Å². The highest BCUT2D eigenvalue weighted by atomic mass is 14.7. The number of unbranched alkanes of at least 4 members (excludes halogenated alkanes) is 5. The second-order valence-corrected chi connectivity index (χ2v) is 9.98. The van der Waals surface area contributed by atoms with Crippen LogP contribution in [0, 0.1) is 11.8 Å². The van der Waals surface area contributed by atoms with E-state index < -0.39 is 0 Å². The maximum atomic E-state index is 4.69. The number of nitrogens with zero attached hydrogens (tertiary/aromatic N) is 1. The zero-order valence-electron chi connectivity index (χ0n) is 20.2. The standard InChI is InChI=1S/C30H45N/c1-3-5-7-8-9-11-25-12-14-26(15-13-25)16-17-27-18-21-29(22-19-27)30-23-20-28(24-31-30)10-6-4-2/h18-26H,3-17H2,1-2H3/t25-,26-. The molecular formula is C30H45N. The van der Waals surface area contributed by atoms with Gasteiger partial charge >= 0.3 is 0 Å². The lowest BCUT2D eigenvalue weighted by atomic mass is 9.77. The van der Waals surface area contributed by atoms with Gasteiger partial charge in [-0.2, -0.15) is 0 Å². The summed E-state index contributed by atoms with van der Waals surface area (Å²) in [7, 11) is 0. The van der Waals surface area contributed by atoms with Gasteiger partial charge in [0.2, 0.25) is 0 Å². The van der Waals surface area contributed by atoms with E-state index in [1.165, 1.54) is 107 Å². The molecule has 1 saturated carbocycles. The Labute approximate surface area is 192 Å². The monoisotopic (exact) mass is 419 g/mol. The smallest absolute Gasteiger partial charge is 0.0702 e. The first kappa shape index (κ1) is 24.0. The number of aryl methyl sites for hydroxylation is 2. The average Bonchev–Trinajstić information content (AvgIpc) is 2.83. The third kappa shape index (κ3) is 8.43. The van der Waals surface area contributed by atoms with Gasteiger partial charge in [-0.25, -0.2) is 0 Å². The summed E-state index contributed by atoms with van der Waals surface area (Å²) in [5.74, 6) is 1.98. The molecule has 1 aromatic carbocycles. The molecule has 0 radical (unpaired) electrons. The topological polar surface area (TPSA) is 12.9 Å². The predicted molar refractivity (Wildman–Crippen MR) is 135 cm³/mol. The van der Waals surface area contributed by atoms with Crippen LogP contribution in [0.1, 0.15) is 108 Å². The Balaban J connectivity index is 1.36. The molecule has 0 N–H and O–H groups in total. The highest BCUT2D eigenvalue weighted by Crippen LogP contribution is 2.34. The van der Waals surface area contributed by atoms with Crippen molar-refractivity contribution in [2.24, 2.45) is 11.8 Å². The summed E-state index contributed by atoms with van der Waals surface area (Å²) in [4.78, 5) is 4.69. The van der Waals surface area contributed by atoms with Crippen molar-refractivity contribution in [3.8, 4) is 11.3 Å². The molecule has 1 aliphatic rings. The van der Waals surface area contributed by atoms with E-state index in [1.807, 2.05) is 0 Å². The molecule has 1 heteroatoms. The number of benzene rings is 1. The summed E-state index contributed by atoms with van der Waals surface area (Å²) < 4.78 is 0. The lowest BCUT2D eigenvalue weighted by Crippen LogP contribution is -2.15. The van der Waals surface area contributed by atoms with Gasteiger partial charge in [-0.1, -0.05) is 115 Å². The van der Waals surface area contributed by atoms with Crippen LogP contribution in [-0.2, 0) is 12.8 Å². The van der Waals surface area contributed by atoms with E-state index in [1.54, 1.807) is 0 Å². The van der Waals surface area contributed by atoms with Gasteiger partial charge in [0.25, 0.3) is 0 Å². The fourth-order valence-electron chi connectivity index (χ4n) is 5.18. The summed E-state index contributed by atoms with van der Waals surface area (Å²) in [5.41, 5.74) is 5.18. The van der Waals surface area contributed by atoms with Crippen molar-refractivity contribution in [3.63, 3.8) is 0 Å². The van der Waals surface area contributed by atoms with Crippen LogP contribution < -0.4 is 0 Å². The number of aromatic nitrogens is 1. The molecule has 1 aromatic heterocycles. The van der Waals surface area contributed by atoms with Gasteiger partial charge < -0.3 is 0 Å². The van der Waals surface area contributed by atoms with E-state index in [0.717, 1.165) is 24.0 Å². The Kier molecular flexibility index (Phi) is 10.6. The molecule has 0 bridgehead atoms. The highest BCUT2D eigenvalue weighted by molar-refractivity contribution is 5.59. The second-order valence-electron chi connectivity index (χ2n) is 9.98. The number of hydrogen-bond donors (Lipinski definition) is 0. The maximum absolute atomic E-state index is 4.69. The normalized spacial score (nSPS) is 18.9. The molecule has 1 fully saturated rings. The zero-order chi connectivity index (χ0) is 21.7. The van der Waals surface area contributed by atoms with Gasteiger partial charge in [0.05, 0.1) is 5.69 Å². The second kappa shape index (κ2) is 13.7. The minimum atomic E-state index is 0.952. The summed E-state index contributed by atoms with van der Waals surface area (Å²) in [6.07, 6.45) is 22.8. The lowest BCUT2D eigenvalue weighted by molar-refractivity contribution is 0.248. The zero-order valence-corrected chi connectivity index (χ0v) is 20.2. The van der Waals surface area contributed by atoms with E-state index in [2.05, 4.69) is 56.4 Å². The van der Waals surface area contributed by atoms with Crippen molar-refractivity contribution in [3.05, 3.63) is 53.7 Å². The van der Waals surface area contributed by atoms with E-state index in [0.29, 0.717) is 0 Å². The molecule has 1 nitrogen and oxygen atoms in total. The molecule has 0 atom stereocenters. The lowest BCUT2D eigenvalue weighted by Gasteiger charge is -2.28. The molecule has 0 aliphatic heterocycles. The average molecular weight is 420 g/mol. The molecule has 1 aliphatic carbocycles. The largest absolute Gasteiger partial charge is 0.256 e.